The molecule has 0 radical (unpaired) electrons. The number of hydrogen-bond donors (Lipinski definition) is 1. The Morgan fingerprint density at radius 2 is 2.16 bits per heavy atom. The number of halogens is 2. The topological polar surface area (TPSA) is 61.2 Å². The van der Waals surface area contributed by atoms with E-state index in [-0.39, 0.29) is 33.0 Å². The van der Waals surface area contributed by atoms with E-state index in [1.54, 1.807) is 4.90 Å². The second-order valence-corrected chi connectivity index (χ2v) is 8.36. The molecule has 0 aliphatic carbocycles. The molecule has 2 heterocycles. The molecular formula is C11H10ClFN2O2S2. The second-order valence-electron chi connectivity index (χ2n) is 4.57. The van der Waals surface area contributed by atoms with Gasteiger partial charge in [0.25, 0.3) is 0 Å². The van der Waals surface area contributed by atoms with Crippen LogP contribution in [0.3, 0.4) is 0 Å². The maximum Gasteiger partial charge on any atom is 0.161 e. The quantitative estimate of drug-likeness (QED) is 0.861. The first-order chi connectivity index (χ1) is 8.87. The molecule has 0 spiro atoms. The Morgan fingerprint density at radius 3 is 2.84 bits per heavy atom. The highest BCUT2D eigenvalue weighted by atomic mass is 35.5. The molecule has 4 nitrogen and oxygen atoms in total. The van der Waals surface area contributed by atoms with Gasteiger partial charge < -0.3 is 4.90 Å². The minimum atomic E-state index is -3.05. The average molecular weight is 321 g/mol. The van der Waals surface area contributed by atoms with Crippen molar-refractivity contribution in [1.29, 1.82) is 5.41 Å². The molecule has 2 aliphatic heterocycles. The van der Waals surface area contributed by atoms with E-state index >= 15 is 0 Å². The summed E-state index contributed by atoms with van der Waals surface area (Å²) in [6, 6.07) is 3.92. The van der Waals surface area contributed by atoms with E-state index in [2.05, 4.69) is 0 Å². The normalized spacial score (nSPS) is 28.7. The van der Waals surface area contributed by atoms with Crippen molar-refractivity contribution in [2.75, 3.05) is 16.4 Å². The zero-order valence-electron chi connectivity index (χ0n) is 9.64. The summed E-state index contributed by atoms with van der Waals surface area (Å²) in [7, 11) is -3.05. The lowest BCUT2D eigenvalue weighted by molar-refractivity contribution is 0.601. The maximum atomic E-state index is 13.2. The van der Waals surface area contributed by atoms with Gasteiger partial charge in [-0.05, 0) is 18.2 Å². The molecule has 0 unspecified atom stereocenters. The summed E-state index contributed by atoms with van der Waals surface area (Å²) in [5.74, 6) is -0.405. The summed E-state index contributed by atoms with van der Waals surface area (Å²) in [6.45, 7) is 0. The van der Waals surface area contributed by atoms with Gasteiger partial charge in [-0.3, -0.25) is 5.41 Å². The summed E-state index contributed by atoms with van der Waals surface area (Å²) >= 11 is 6.99. The number of hydrogen-bond acceptors (Lipinski definition) is 4. The number of anilines is 1. The largest absolute Gasteiger partial charge is 0.316 e. The van der Waals surface area contributed by atoms with Crippen molar-refractivity contribution in [1.82, 2.24) is 0 Å². The zero-order chi connectivity index (χ0) is 13.8. The fraction of sp³-hybridized carbons (Fsp3) is 0.364. The first kappa shape index (κ1) is 13.2. The van der Waals surface area contributed by atoms with Crippen molar-refractivity contribution in [3.63, 3.8) is 0 Å². The standard InChI is InChI=1S/C11H10ClFN2O2S2/c12-7-3-6(1-2-8(7)13)15-9-4-19(16,17)5-10(9)18-11(15)14/h1-3,9-10,14H,4-5H2/t9-,10-/m0/s1. The lowest BCUT2D eigenvalue weighted by Crippen LogP contribution is -2.37. The highest BCUT2D eigenvalue weighted by molar-refractivity contribution is 8.15. The molecule has 0 aromatic heterocycles. The van der Waals surface area contributed by atoms with E-state index in [0.717, 1.165) is 0 Å². The molecular weight excluding hydrogens is 311 g/mol. The lowest BCUT2D eigenvalue weighted by atomic mass is 10.2. The SMILES string of the molecule is N=C1S[C@H]2CS(=O)(=O)C[C@@H]2N1c1ccc(F)c(Cl)c1. The van der Waals surface area contributed by atoms with Crippen LogP contribution in [0.4, 0.5) is 10.1 Å². The van der Waals surface area contributed by atoms with Gasteiger partial charge in [-0.1, -0.05) is 23.4 Å². The Bertz CT molecular complexity index is 665. The van der Waals surface area contributed by atoms with Gasteiger partial charge in [0.1, 0.15) is 5.82 Å². The Kier molecular flexibility index (Phi) is 3.03. The third kappa shape index (κ3) is 2.23. The predicted molar refractivity (Wildman–Crippen MR) is 75.4 cm³/mol. The van der Waals surface area contributed by atoms with Crippen molar-refractivity contribution in [3.05, 3.63) is 29.0 Å². The molecule has 0 saturated carbocycles. The van der Waals surface area contributed by atoms with Crippen LogP contribution in [0.25, 0.3) is 0 Å². The van der Waals surface area contributed by atoms with Gasteiger partial charge >= 0.3 is 0 Å². The molecule has 3 rings (SSSR count). The molecule has 0 amide bonds. The number of benzene rings is 1. The van der Waals surface area contributed by atoms with Crippen molar-refractivity contribution >= 4 is 44.1 Å². The Morgan fingerprint density at radius 1 is 1.42 bits per heavy atom. The molecule has 2 atom stereocenters. The number of rotatable bonds is 1. The van der Waals surface area contributed by atoms with Gasteiger partial charge in [0, 0.05) is 10.9 Å². The van der Waals surface area contributed by atoms with E-state index in [1.807, 2.05) is 0 Å². The summed E-state index contributed by atoms with van der Waals surface area (Å²) in [5, 5.41) is 8.09. The van der Waals surface area contributed by atoms with E-state index in [9.17, 15) is 12.8 Å². The van der Waals surface area contributed by atoms with E-state index < -0.39 is 15.7 Å². The van der Waals surface area contributed by atoms with Crippen LogP contribution in [0.5, 0.6) is 0 Å². The molecule has 1 N–H and O–H groups in total. The van der Waals surface area contributed by atoms with Crippen LogP contribution >= 0.6 is 23.4 Å². The molecule has 2 fully saturated rings. The lowest BCUT2D eigenvalue weighted by Gasteiger charge is -2.24. The van der Waals surface area contributed by atoms with Crippen molar-refractivity contribution in [2.45, 2.75) is 11.3 Å². The monoisotopic (exact) mass is 320 g/mol. The number of nitrogens with one attached hydrogen (secondary N) is 1. The summed E-state index contributed by atoms with van der Waals surface area (Å²) in [5.41, 5.74) is 0.563. The van der Waals surface area contributed by atoms with Crippen molar-refractivity contribution < 1.29 is 12.8 Å². The molecule has 2 saturated heterocycles. The Balaban J connectivity index is 1.99. The molecule has 1 aromatic rings. The number of fused-ring (bicyclic) bond motifs is 1. The zero-order valence-corrected chi connectivity index (χ0v) is 12.0. The highest BCUT2D eigenvalue weighted by Gasteiger charge is 2.48. The van der Waals surface area contributed by atoms with Gasteiger partial charge in [-0.2, -0.15) is 0 Å². The highest BCUT2D eigenvalue weighted by Crippen LogP contribution is 2.40. The molecule has 19 heavy (non-hydrogen) atoms. The van der Waals surface area contributed by atoms with Gasteiger partial charge in [0.2, 0.25) is 0 Å². The smallest absolute Gasteiger partial charge is 0.161 e. The third-order valence-electron chi connectivity index (χ3n) is 3.27. The number of nitrogens with zero attached hydrogens (tertiary/aromatic N) is 1. The van der Waals surface area contributed by atoms with Crippen LogP contribution in [0.15, 0.2) is 18.2 Å². The van der Waals surface area contributed by atoms with E-state index in [1.165, 1.54) is 30.0 Å². The minimum absolute atomic E-state index is 0.0281. The molecule has 1 aromatic carbocycles. The first-order valence-electron chi connectivity index (χ1n) is 5.57. The molecule has 102 valence electrons. The van der Waals surface area contributed by atoms with Crippen LogP contribution in [-0.4, -0.2) is 36.4 Å². The van der Waals surface area contributed by atoms with Crippen molar-refractivity contribution in [3.8, 4) is 0 Å². The van der Waals surface area contributed by atoms with Crippen LogP contribution in [0.2, 0.25) is 5.02 Å². The predicted octanol–water partition coefficient (Wildman–Crippen LogP) is 2.13. The van der Waals surface area contributed by atoms with Gasteiger partial charge in [-0.15, -0.1) is 0 Å². The van der Waals surface area contributed by atoms with Crippen LogP contribution in [-0.2, 0) is 9.84 Å². The molecule has 8 heteroatoms. The van der Waals surface area contributed by atoms with Gasteiger partial charge in [0.15, 0.2) is 15.0 Å². The van der Waals surface area contributed by atoms with Crippen LogP contribution in [0, 0.1) is 11.2 Å². The minimum Gasteiger partial charge on any atom is -0.316 e. The van der Waals surface area contributed by atoms with E-state index in [0.29, 0.717) is 5.69 Å². The molecule has 2 aliphatic rings. The van der Waals surface area contributed by atoms with Crippen LogP contribution < -0.4 is 4.90 Å². The van der Waals surface area contributed by atoms with E-state index in [4.69, 9.17) is 17.0 Å². The first-order valence-corrected chi connectivity index (χ1v) is 8.65. The third-order valence-corrected chi connectivity index (χ3v) is 6.69. The number of thioether (sulfide) groups is 1. The van der Waals surface area contributed by atoms with Crippen molar-refractivity contribution in [2.24, 2.45) is 0 Å². The fourth-order valence-corrected chi connectivity index (χ4v) is 6.41. The Hall–Kier alpha value is -0.790. The number of amidine groups is 1. The average Bonchev–Trinajstić information content (AvgIpc) is 2.73. The van der Waals surface area contributed by atoms with Gasteiger partial charge in [0.05, 0.1) is 22.6 Å². The number of sulfone groups is 1. The summed E-state index contributed by atoms with van der Waals surface area (Å²) in [6.07, 6.45) is 0. The van der Waals surface area contributed by atoms with Gasteiger partial charge in [-0.25, -0.2) is 12.8 Å². The van der Waals surface area contributed by atoms with Crippen LogP contribution in [0.1, 0.15) is 0 Å². The summed E-state index contributed by atoms with van der Waals surface area (Å²) < 4.78 is 36.5. The second kappa shape index (κ2) is 4.36. The fourth-order valence-electron chi connectivity index (χ4n) is 2.44. The molecule has 0 bridgehead atoms. The maximum absolute atomic E-state index is 13.2. The summed E-state index contributed by atoms with van der Waals surface area (Å²) in [4.78, 5) is 1.63. The Labute approximate surface area is 119 Å².